The van der Waals surface area contributed by atoms with Gasteiger partial charge in [0.2, 0.25) is 5.91 Å². The lowest BCUT2D eigenvalue weighted by Crippen LogP contribution is -2.38. The lowest BCUT2D eigenvalue weighted by Gasteiger charge is -2.26. The molecule has 8 heteroatoms. The van der Waals surface area contributed by atoms with Gasteiger partial charge in [-0.2, -0.15) is 0 Å². The van der Waals surface area contributed by atoms with Crippen molar-refractivity contribution < 1.29 is 9.53 Å². The molecule has 0 aromatic heterocycles. The molecule has 1 heterocycles. The number of hydrogen-bond donors (Lipinski definition) is 3. The maximum atomic E-state index is 12.3. The maximum absolute atomic E-state index is 12.3. The number of anilines is 1. The summed E-state index contributed by atoms with van der Waals surface area (Å²) in [5, 5.41) is 9.67. The first kappa shape index (κ1) is 27.1. The van der Waals surface area contributed by atoms with E-state index in [-0.39, 0.29) is 29.9 Å². The summed E-state index contributed by atoms with van der Waals surface area (Å²) in [5.74, 6) is 0.804. The SMILES string of the molecule is CCNC(=NCc1cccc(NC(=O)CCN2CCOCC2)c1)NCc1ccc(C)cc1.I. The van der Waals surface area contributed by atoms with Crippen molar-refractivity contribution in [2.75, 3.05) is 44.7 Å². The molecule has 3 rings (SSSR count). The molecule has 7 nitrogen and oxygen atoms in total. The van der Waals surface area contributed by atoms with Gasteiger partial charge in [-0.15, -0.1) is 24.0 Å². The van der Waals surface area contributed by atoms with E-state index in [2.05, 4.69) is 59.0 Å². The Morgan fingerprint density at radius 1 is 1.06 bits per heavy atom. The van der Waals surface area contributed by atoms with Crippen LogP contribution in [0.15, 0.2) is 53.5 Å². The second kappa shape index (κ2) is 14.9. The minimum atomic E-state index is 0. The van der Waals surface area contributed by atoms with Crippen LogP contribution in [-0.2, 0) is 22.6 Å². The van der Waals surface area contributed by atoms with E-state index in [1.165, 1.54) is 11.1 Å². The fourth-order valence-electron chi connectivity index (χ4n) is 3.46. The Bertz CT molecular complexity index is 883. The number of amides is 1. The third kappa shape index (κ3) is 10.1. The van der Waals surface area contributed by atoms with Crippen LogP contribution in [0.1, 0.15) is 30.0 Å². The highest BCUT2D eigenvalue weighted by atomic mass is 127. The largest absolute Gasteiger partial charge is 0.379 e. The molecule has 2 aromatic rings. The predicted molar refractivity (Wildman–Crippen MR) is 145 cm³/mol. The van der Waals surface area contributed by atoms with Gasteiger partial charge in [0.15, 0.2) is 5.96 Å². The molecular formula is C25H36IN5O2. The molecule has 33 heavy (non-hydrogen) atoms. The van der Waals surface area contributed by atoms with Crippen molar-refractivity contribution in [3.05, 3.63) is 65.2 Å². The van der Waals surface area contributed by atoms with E-state index >= 15 is 0 Å². The average Bonchev–Trinajstić information content (AvgIpc) is 2.81. The van der Waals surface area contributed by atoms with Crippen molar-refractivity contribution in [2.45, 2.75) is 33.4 Å². The zero-order valence-electron chi connectivity index (χ0n) is 19.6. The van der Waals surface area contributed by atoms with E-state index in [9.17, 15) is 4.79 Å². The number of guanidine groups is 1. The predicted octanol–water partition coefficient (Wildman–Crippen LogP) is 3.53. The Hall–Kier alpha value is -2.17. The Morgan fingerprint density at radius 2 is 1.82 bits per heavy atom. The smallest absolute Gasteiger partial charge is 0.225 e. The first-order chi connectivity index (χ1) is 15.6. The highest BCUT2D eigenvalue weighted by molar-refractivity contribution is 14.0. The number of carbonyl (C=O) groups is 1. The van der Waals surface area contributed by atoms with Gasteiger partial charge in [-0.05, 0) is 37.1 Å². The van der Waals surface area contributed by atoms with Crippen molar-refractivity contribution in [3.8, 4) is 0 Å². The van der Waals surface area contributed by atoms with Gasteiger partial charge in [-0.25, -0.2) is 4.99 Å². The van der Waals surface area contributed by atoms with Gasteiger partial charge >= 0.3 is 0 Å². The monoisotopic (exact) mass is 565 g/mol. The fourth-order valence-corrected chi connectivity index (χ4v) is 3.46. The van der Waals surface area contributed by atoms with Crippen LogP contribution in [0, 0.1) is 6.92 Å². The van der Waals surface area contributed by atoms with Crippen LogP contribution in [0.25, 0.3) is 0 Å². The third-order valence-electron chi connectivity index (χ3n) is 5.31. The van der Waals surface area contributed by atoms with Gasteiger partial charge in [0, 0.05) is 44.8 Å². The van der Waals surface area contributed by atoms with E-state index in [0.29, 0.717) is 19.5 Å². The van der Waals surface area contributed by atoms with Gasteiger partial charge in [-0.1, -0.05) is 42.0 Å². The molecule has 0 aliphatic carbocycles. The molecule has 2 aromatic carbocycles. The molecule has 1 amide bonds. The first-order valence-electron chi connectivity index (χ1n) is 11.4. The number of halogens is 1. The molecule has 1 fully saturated rings. The van der Waals surface area contributed by atoms with E-state index < -0.39 is 0 Å². The number of morpholine rings is 1. The normalized spacial score (nSPS) is 14.3. The van der Waals surface area contributed by atoms with Crippen LogP contribution in [-0.4, -0.2) is 56.2 Å². The van der Waals surface area contributed by atoms with Crippen molar-refractivity contribution in [3.63, 3.8) is 0 Å². The summed E-state index contributed by atoms with van der Waals surface area (Å²) in [6.07, 6.45) is 0.482. The topological polar surface area (TPSA) is 78.0 Å². The summed E-state index contributed by atoms with van der Waals surface area (Å²) in [7, 11) is 0. The van der Waals surface area contributed by atoms with E-state index in [4.69, 9.17) is 9.73 Å². The lowest BCUT2D eigenvalue weighted by molar-refractivity contribution is -0.116. The number of rotatable bonds is 9. The number of nitrogens with zero attached hydrogens (tertiary/aromatic N) is 2. The van der Waals surface area contributed by atoms with Crippen LogP contribution in [0.5, 0.6) is 0 Å². The Morgan fingerprint density at radius 3 is 2.55 bits per heavy atom. The molecule has 1 aliphatic rings. The van der Waals surface area contributed by atoms with Gasteiger partial charge < -0.3 is 20.7 Å². The van der Waals surface area contributed by atoms with Gasteiger partial charge in [-0.3, -0.25) is 9.69 Å². The summed E-state index contributed by atoms with van der Waals surface area (Å²) in [5.41, 5.74) is 4.32. The number of ether oxygens (including phenoxy) is 1. The molecule has 0 atom stereocenters. The number of carbonyl (C=O) groups excluding carboxylic acids is 1. The van der Waals surface area contributed by atoms with Gasteiger partial charge in [0.1, 0.15) is 0 Å². The number of aliphatic imine (C=N–C) groups is 1. The van der Waals surface area contributed by atoms with Crippen LogP contribution in [0.4, 0.5) is 5.69 Å². The Labute approximate surface area is 214 Å². The number of benzene rings is 2. The van der Waals surface area contributed by atoms with Crippen molar-refractivity contribution in [1.82, 2.24) is 15.5 Å². The first-order valence-corrected chi connectivity index (χ1v) is 11.4. The van der Waals surface area contributed by atoms with E-state index in [1.807, 2.05) is 24.3 Å². The van der Waals surface area contributed by atoms with Gasteiger partial charge in [0.05, 0.1) is 19.8 Å². The lowest BCUT2D eigenvalue weighted by atomic mass is 10.1. The summed E-state index contributed by atoms with van der Waals surface area (Å²) in [6.45, 7) is 10.2. The van der Waals surface area contributed by atoms with Crippen LogP contribution < -0.4 is 16.0 Å². The molecule has 0 unspecified atom stereocenters. The molecule has 0 bridgehead atoms. The number of aryl methyl sites for hydroxylation is 1. The van der Waals surface area contributed by atoms with Crippen molar-refractivity contribution in [2.24, 2.45) is 4.99 Å². The quantitative estimate of drug-likeness (QED) is 0.247. The van der Waals surface area contributed by atoms with Crippen LogP contribution in [0.3, 0.4) is 0 Å². The van der Waals surface area contributed by atoms with E-state index in [1.54, 1.807) is 0 Å². The minimum Gasteiger partial charge on any atom is -0.379 e. The average molecular weight is 566 g/mol. The molecule has 0 radical (unpaired) electrons. The molecule has 3 N–H and O–H groups in total. The summed E-state index contributed by atoms with van der Waals surface area (Å²) in [6, 6.07) is 16.4. The zero-order chi connectivity index (χ0) is 22.6. The highest BCUT2D eigenvalue weighted by Crippen LogP contribution is 2.12. The molecular weight excluding hydrogens is 529 g/mol. The van der Waals surface area contributed by atoms with Crippen LogP contribution >= 0.6 is 24.0 Å². The van der Waals surface area contributed by atoms with E-state index in [0.717, 1.165) is 56.6 Å². The molecule has 0 saturated carbocycles. The number of hydrogen-bond acceptors (Lipinski definition) is 4. The molecule has 1 saturated heterocycles. The van der Waals surface area contributed by atoms with Gasteiger partial charge in [0.25, 0.3) is 0 Å². The maximum Gasteiger partial charge on any atom is 0.225 e. The summed E-state index contributed by atoms with van der Waals surface area (Å²) < 4.78 is 5.35. The standard InChI is InChI=1S/C25H35N5O2.HI/c1-3-26-25(27-18-21-9-7-20(2)8-10-21)28-19-22-5-4-6-23(17-22)29-24(31)11-12-30-13-15-32-16-14-30;/h4-10,17H,3,11-16,18-19H2,1-2H3,(H,29,31)(H2,26,27,28);1H. The fraction of sp³-hybridized carbons (Fsp3) is 0.440. The second-order valence-corrected chi connectivity index (χ2v) is 7.99. The summed E-state index contributed by atoms with van der Waals surface area (Å²) >= 11 is 0. The second-order valence-electron chi connectivity index (χ2n) is 7.99. The molecule has 1 aliphatic heterocycles. The minimum absolute atomic E-state index is 0. The Balaban J connectivity index is 0.00000385. The zero-order valence-corrected chi connectivity index (χ0v) is 21.9. The van der Waals surface area contributed by atoms with Crippen LogP contribution in [0.2, 0.25) is 0 Å². The third-order valence-corrected chi connectivity index (χ3v) is 5.31. The number of nitrogens with one attached hydrogen (secondary N) is 3. The molecule has 0 spiro atoms. The highest BCUT2D eigenvalue weighted by Gasteiger charge is 2.12. The summed E-state index contributed by atoms with van der Waals surface area (Å²) in [4.78, 5) is 19.3. The van der Waals surface area contributed by atoms with Crippen molar-refractivity contribution in [1.29, 1.82) is 0 Å². The Kier molecular flexibility index (Phi) is 12.2. The molecule has 180 valence electrons. The van der Waals surface area contributed by atoms with Crippen molar-refractivity contribution >= 4 is 41.5 Å².